The van der Waals surface area contributed by atoms with Crippen LogP contribution in [0, 0.1) is 12.7 Å². The molecule has 10 heteroatoms. The van der Waals surface area contributed by atoms with Gasteiger partial charge in [0.05, 0.1) is 6.42 Å². The standard InChI is InChI=1S/C23H16F4N2O3S/c1-12-10-13(6-8-17(12)32-23(25,26)27)18-9-7-14(33-18)11-19-29-20(21(31-19)22(28)30)15-4-2-3-5-16(15)24/h2-10H,11H2,1H3,(H2,28,30). The first-order valence-electron chi connectivity index (χ1n) is 9.60. The largest absolute Gasteiger partial charge is 0.573 e. The van der Waals surface area contributed by atoms with Gasteiger partial charge in [-0.1, -0.05) is 12.1 Å². The summed E-state index contributed by atoms with van der Waals surface area (Å²) >= 11 is 1.38. The fraction of sp³-hybridized carbons (Fsp3) is 0.130. The number of aromatic nitrogens is 1. The fourth-order valence-electron chi connectivity index (χ4n) is 3.26. The van der Waals surface area contributed by atoms with E-state index < -0.39 is 18.1 Å². The third-order valence-corrected chi connectivity index (χ3v) is 5.83. The van der Waals surface area contributed by atoms with Gasteiger partial charge in [0.15, 0.2) is 0 Å². The third kappa shape index (κ3) is 5.06. The number of ether oxygens (including phenoxy) is 1. The van der Waals surface area contributed by atoms with Crippen LogP contribution in [0.2, 0.25) is 0 Å². The molecule has 170 valence electrons. The summed E-state index contributed by atoms with van der Waals surface area (Å²) in [5, 5.41) is 0. The maximum Gasteiger partial charge on any atom is 0.573 e. The van der Waals surface area contributed by atoms with E-state index in [-0.39, 0.29) is 35.1 Å². The Kier molecular flexibility index (Phi) is 5.94. The molecule has 1 amide bonds. The number of halogens is 4. The van der Waals surface area contributed by atoms with Crippen molar-refractivity contribution in [3.05, 3.63) is 82.5 Å². The summed E-state index contributed by atoms with van der Waals surface area (Å²) in [7, 11) is 0. The Balaban J connectivity index is 1.58. The third-order valence-electron chi connectivity index (χ3n) is 4.70. The molecular weight excluding hydrogens is 460 g/mol. The van der Waals surface area contributed by atoms with E-state index in [1.54, 1.807) is 12.1 Å². The number of rotatable bonds is 6. The Labute approximate surface area is 189 Å². The van der Waals surface area contributed by atoms with Crippen LogP contribution in [0.5, 0.6) is 5.75 Å². The molecule has 0 fully saturated rings. The topological polar surface area (TPSA) is 78.4 Å². The van der Waals surface area contributed by atoms with Crippen molar-refractivity contribution in [2.24, 2.45) is 5.73 Å². The zero-order valence-electron chi connectivity index (χ0n) is 17.1. The minimum absolute atomic E-state index is 0.0308. The van der Waals surface area contributed by atoms with Gasteiger partial charge in [-0.15, -0.1) is 24.5 Å². The SMILES string of the molecule is Cc1cc(-c2ccc(Cc3nc(-c4ccccc4F)c(C(N)=O)o3)s2)ccc1OC(F)(F)F. The molecule has 0 aliphatic rings. The van der Waals surface area contributed by atoms with Crippen molar-refractivity contribution in [1.29, 1.82) is 0 Å². The second kappa shape index (κ2) is 8.70. The van der Waals surface area contributed by atoms with Gasteiger partial charge in [-0.3, -0.25) is 4.79 Å². The van der Waals surface area contributed by atoms with Crippen LogP contribution >= 0.6 is 11.3 Å². The first-order chi connectivity index (χ1) is 15.6. The summed E-state index contributed by atoms with van der Waals surface area (Å²) in [6.45, 7) is 1.53. The lowest BCUT2D eigenvalue weighted by Crippen LogP contribution is -2.17. The van der Waals surface area contributed by atoms with Gasteiger partial charge in [0.2, 0.25) is 11.7 Å². The van der Waals surface area contributed by atoms with Gasteiger partial charge in [0.1, 0.15) is 17.3 Å². The average molecular weight is 476 g/mol. The molecule has 33 heavy (non-hydrogen) atoms. The van der Waals surface area contributed by atoms with Crippen molar-refractivity contribution in [3.63, 3.8) is 0 Å². The van der Waals surface area contributed by atoms with Crippen LogP contribution in [-0.2, 0) is 6.42 Å². The molecule has 0 radical (unpaired) electrons. The van der Waals surface area contributed by atoms with Crippen LogP contribution in [0.1, 0.15) is 26.9 Å². The van der Waals surface area contributed by atoms with Gasteiger partial charge in [0, 0.05) is 15.3 Å². The van der Waals surface area contributed by atoms with Crippen molar-refractivity contribution >= 4 is 17.2 Å². The Morgan fingerprint density at radius 2 is 1.91 bits per heavy atom. The van der Waals surface area contributed by atoms with Crippen molar-refractivity contribution in [2.75, 3.05) is 0 Å². The van der Waals surface area contributed by atoms with E-state index in [0.717, 1.165) is 15.3 Å². The Hall–Kier alpha value is -3.66. The molecule has 0 aliphatic heterocycles. The number of nitrogens with two attached hydrogens (primary N) is 1. The molecule has 0 aliphatic carbocycles. The number of carbonyl (C=O) groups is 1. The average Bonchev–Trinajstić information content (AvgIpc) is 3.37. The Bertz CT molecular complexity index is 1330. The molecular formula is C23H16F4N2O3S. The van der Waals surface area contributed by atoms with Gasteiger partial charge >= 0.3 is 6.36 Å². The summed E-state index contributed by atoms with van der Waals surface area (Å²) in [6.07, 6.45) is -4.54. The molecule has 2 N–H and O–H groups in total. The van der Waals surface area contributed by atoms with Crippen molar-refractivity contribution < 1.29 is 31.5 Å². The smallest absolute Gasteiger partial charge is 0.434 e. The number of carbonyl (C=O) groups excluding carboxylic acids is 1. The molecule has 0 unspecified atom stereocenters. The van der Waals surface area contributed by atoms with E-state index >= 15 is 0 Å². The molecule has 0 saturated heterocycles. The van der Waals surface area contributed by atoms with E-state index in [9.17, 15) is 22.4 Å². The maximum absolute atomic E-state index is 14.2. The monoisotopic (exact) mass is 476 g/mol. The van der Waals surface area contributed by atoms with Gasteiger partial charge in [-0.25, -0.2) is 9.37 Å². The van der Waals surface area contributed by atoms with Crippen molar-refractivity contribution in [3.8, 4) is 27.4 Å². The minimum Gasteiger partial charge on any atom is -0.434 e. The highest BCUT2D eigenvalue weighted by atomic mass is 32.1. The molecule has 5 nitrogen and oxygen atoms in total. The van der Waals surface area contributed by atoms with Crippen LogP contribution in [0.25, 0.3) is 21.7 Å². The number of hydrogen-bond acceptors (Lipinski definition) is 5. The first kappa shape index (κ1) is 22.5. The van der Waals surface area contributed by atoms with Crippen LogP contribution in [0.15, 0.2) is 59.0 Å². The number of oxazole rings is 1. The second-order valence-electron chi connectivity index (χ2n) is 7.10. The number of amides is 1. The molecule has 2 aromatic carbocycles. The molecule has 4 aromatic rings. The highest BCUT2D eigenvalue weighted by Gasteiger charge is 2.31. The molecule has 0 bridgehead atoms. The fourth-order valence-corrected chi connectivity index (χ4v) is 4.26. The van der Waals surface area contributed by atoms with E-state index in [4.69, 9.17) is 10.2 Å². The van der Waals surface area contributed by atoms with Crippen molar-refractivity contribution in [2.45, 2.75) is 19.7 Å². The Morgan fingerprint density at radius 1 is 1.15 bits per heavy atom. The molecule has 4 rings (SSSR count). The van der Waals surface area contributed by atoms with Crippen LogP contribution in [-0.4, -0.2) is 17.3 Å². The lowest BCUT2D eigenvalue weighted by atomic mass is 10.1. The van der Waals surface area contributed by atoms with Gasteiger partial charge in [-0.05, 0) is 60.5 Å². The maximum atomic E-state index is 14.2. The molecule has 0 saturated carbocycles. The zero-order chi connectivity index (χ0) is 23.8. The van der Waals surface area contributed by atoms with Crippen molar-refractivity contribution in [1.82, 2.24) is 4.98 Å². The number of benzene rings is 2. The van der Waals surface area contributed by atoms with E-state index in [1.807, 2.05) is 12.1 Å². The normalized spacial score (nSPS) is 11.5. The summed E-state index contributed by atoms with van der Waals surface area (Å²) in [6, 6.07) is 13.9. The van der Waals surface area contributed by atoms with Crippen LogP contribution < -0.4 is 10.5 Å². The highest BCUT2D eigenvalue weighted by Crippen LogP contribution is 2.34. The number of nitrogens with zero attached hydrogens (tertiary/aromatic N) is 1. The predicted octanol–water partition coefficient (Wildman–Crippen LogP) is 6.11. The first-order valence-corrected chi connectivity index (χ1v) is 10.4. The minimum atomic E-state index is -4.76. The number of primary amides is 1. The van der Waals surface area contributed by atoms with E-state index in [0.29, 0.717) is 5.56 Å². The lowest BCUT2D eigenvalue weighted by Gasteiger charge is -2.12. The van der Waals surface area contributed by atoms with E-state index in [2.05, 4.69) is 9.72 Å². The number of alkyl halides is 3. The number of hydrogen-bond donors (Lipinski definition) is 1. The summed E-state index contributed by atoms with van der Waals surface area (Å²) in [4.78, 5) is 17.7. The summed E-state index contributed by atoms with van der Waals surface area (Å²) in [5.41, 5.74) is 6.57. The van der Waals surface area contributed by atoms with Gasteiger partial charge < -0.3 is 14.9 Å². The lowest BCUT2D eigenvalue weighted by molar-refractivity contribution is -0.274. The zero-order valence-corrected chi connectivity index (χ0v) is 17.9. The van der Waals surface area contributed by atoms with Gasteiger partial charge in [-0.2, -0.15) is 0 Å². The molecule has 0 atom stereocenters. The predicted molar refractivity (Wildman–Crippen MR) is 114 cm³/mol. The summed E-state index contributed by atoms with van der Waals surface area (Å²) < 4.78 is 61.2. The van der Waals surface area contributed by atoms with E-state index in [1.165, 1.54) is 48.6 Å². The Morgan fingerprint density at radius 3 is 2.58 bits per heavy atom. The number of aryl methyl sites for hydroxylation is 1. The summed E-state index contributed by atoms with van der Waals surface area (Å²) in [5.74, 6) is -1.74. The second-order valence-corrected chi connectivity index (χ2v) is 8.27. The quantitative estimate of drug-likeness (QED) is 0.341. The molecule has 2 aromatic heterocycles. The molecule has 0 spiro atoms. The molecule has 2 heterocycles. The van der Waals surface area contributed by atoms with Crippen LogP contribution in [0.4, 0.5) is 17.6 Å². The number of thiophene rings is 1. The van der Waals surface area contributed by atoms with Crippen LogP contribution in [0.3, 0.4) is 0 Å². The highest BCUT2D eigenvalue weighted by molar-refractivity contribution is 7.15. The van der Waals surface area contributed by atoms with Gasteiger partial charge in [0.25, 0.3) is 5.91 Å².